The van der Waals surface area contributed by atoms with Crippen molar-refractivity contribution in [3.63, 3.8) is 0 Å². The van der Waals surface area contributed by atoms with Crippen molar-refractivity contribution in [1.29, 1.82) is 0 Å². The summed E-state index contributed by atoms with van der Waals surface area (Å²) in [6.07, 6.45) is 40.5. The van der Waals surface area contributed by atoms with Crippen LogP contribution in [0.25, 0.3) is 0 Å². The van der Waals surface area contributed by atoms with Gasteiger partial charge in [0.05, 0.1) is 0 Å². The number of carbonyl (C=O) groups is 3. The molecule has 0 spiro atoms. The summed E-state index contributed by atoms with van der Waals surface area (Å²) in [7, 11) is 0. The zero-order valence-electron chi connectivity index (χ0n) is 31.0. The quantitative estimate of drug-likeness (QED) is 0.0291. The first-order valence-electron chi connectivity index (χ1n) is 19.8. The van der Waals surface area contributed by atoms with Gasteiger partial charge in [0.25, 0.3) is 0 Å². The van der Waals surface area contributed by atoms with Crippen LogP contribution in [0.5, 0.6) is 0 Å². The van der Waals surface area contributed by atoms with Crippen LogP contribution in [-0.2, 0) is 28.6 Å². The van der Waals surface area contributed by atoms with E-state index in [1.54, 1.807) is 0 Å². The fraction of sp³-hybridized carbons (Fsp3) is 0.829. The van der Waals surface area contributed by atoms with Gasteiger partial charge in [-0.15, -0.1) is 0 Å². The number of ether oxygens (including phenoxy) is 3. The molecule has 1 unspecified atom stereocenters. The average Bonchev–Trinajstić information content (AvgIpc) is 3.05. The first kappa shape index (κ1) is 44.9. The normalized spacial score (nSPS) is 12.1. The molecule has 0 aromatic rings. The summed E-state index contributed by atoms with van der Waals surface area (Å²) in [5.41, 5.74) is 0. The first-order valence-corrected chi connectivity index (χ1v) is 19.8. The number of hydrogen-bond acceptors (Lipinski definition) is 6. The number of allylic oxidation sites excluding steroid dienone is 4. The molecular weight excluding hydrogens is 588 g/mol. The number of rotatable bonds is 35. The molecule has 0 radical (unpaired) electrons. The lowest BCUT2D eigenvalue weighted by atomic mass is 10.0. The van der Waals surface area contributed by atoms with Crippen molar-refractivity contribution in [2.45, 2.75) is 207 Å². The van der Waals surface area contributed by atoms with Crippen LogP contribution >= 0.6 is 0 Å². The van der Waals surface area contributed by atoms with Crippen LogP contribution in [0, 0.1) is 0 Å². The van der Waals surface area contributed by atoms with Crippen molar-refractivity contribution in [2.75, 3.05) is 13.2 Å². The molecule has 274 valence electrons. The molecule has 6 heteroatoms. The second-order valence-corrected chi connectivity index (χ2v) is 13.3. The molecule has 0 amide bonds. The van der Waals surface area contributed by atoms with E-state index < -0.39 is 12.1 Å². The molecule has 6 nitrogen and oxygen atoms in total. The highest BCUT2D eigenvalue weighted by Gasteiger charge is 2.18. The van der Waals surface area contributed by atoms with Crippen molar-refractivity contribution in [3.05, 3.63) is 24.3 Å². The number of esters is 3. The van der Waals surface area contributed by atoms with Crippen LogP contribution in [0.15, 0.2) is 24.3 Å². The lowest BCUT2D eigenvalue weighted by Gasteiger charge is -2.17. The minimum atomic E-state index is -0.769. The molecule has 0 heterocycles. The van der Waals surface area contributed by atoms with E-state index in [0.29, 0.717) is 12.8 Å². The summed E-state index contributed by atoms with van der Waals surface area (Å²) < 4.78 is 15.9. The van der Waals surface area contributed by atoms with Gasteiger partial charge in [-0.1, -0.05) is 160 Å². The Balaban J connectivity index is 3.86. The van der Waals surface area contributed by atoms with E-state index in [-0.39, 0.29) is 25.2 Å². The molecule has 0 N–H and O–H groups in total. The van der Waals surface area contributed by atoms with Gasteiger partial charge in [-0.2, -0.15) is 0 Å². The van der Waals surface area contributed by atoms with Crippen LogP contribution in [0.2, 0.25) is 0 Å². The molecular formula is C41H74O6. The third-order valence-electron chi connectivity index (χ3n) is 8.52. The Hall–Kier alpha value is -2.11. The zero-order valence-corrected chi connectivity index (χ0v) is 31.0. The Morgan fingerprint density at radius 3 is 1.34 bits per heavy atom. The van der Waals surface area contributed by atoms with Crippen molar-refractivity contribution >= 4 is 17.9 Å². The topological polar surface area (TPSA) is 78.9 Å². The molecule has 0 aromatic heterocycles. The summed E-state index contributed by atoms with van der Waals surface area (Å²) in [5.74, 6) is -1.09. The summed E-state index contributed by atoms with van der Waals surface area (Å²) in [5, 5.41) is 0. The van der Waals surface area contributed by atoms with E-state index in [9.17, 15) is 14.4 Å². The lowest BCUT2D eigenvalue weighted by Crippen LogP contribution is -2.30. The van der Waals surface area contributed by atoms with E-state index in [0.717, 1.165) is 64.2 Å². The van der Waals surface area contributed by atoms with Gasteiger partial charge in [0.15, 0.2) is 6.10 Å². The Kier molecular flexibility index (Phi) is 35.1. The number of hydrogen-bond donors (Lipinski definition) is 0. The van der Waals surface area contributed by atoms with E-state index in [4.69, 9.17) is 14.2 Å². The maximum Gasteiger partial charge on any atom is 0.306 e. The molecule has 0 aliphatic rings. The highest BCUT2D eigenvalue weighted by atomic mass is 16.6. The van der Waals surface area contributed by atoms with E-state index in [1.807, 2.05) is 0 Å². The van der Waals surface area contributed by atoms with Gasteiger partial charge in [0, 0.05) is 19.8 Å². The molecule has 0 aliphatic carbocycles. The minimum Gasteiger partial charge on any atom is -0.462 e. The van der Waals surface area contributed by atoms with Gasteiger partial charge >= 0.3 is 17.9 Å². The van der Waals surface area contributed by atoms with Crippen molar-refractivity contribution < 1.29 is 28.6 Å². The van der Waals surface area contributed by atoms with Crippen LogP contribution in [-0.4, -0.2) is 37.2 Å². The summed E-state index contributed by atoms with van der Waals surface area (Å²) >= 11 is 0. The van der Waals surface area contributed by atoms with Crippen LogP contribution in [0.4, 0.5) is 0 Å². The third-order valence-corrected chi connectivity index (χ3v) is 8.52. The summed E-state index contributed by atoms with van der Waals surface area (Å²) in [6, 6.07) is 0. The molecule has 0 saturated heterocycles. The van der Waals surface area contributed by atoms with Crippen LogP contribution < -0.4 is 0 Å². The summed E-state index contributed by atoms with van der Waals surface area (Å²) in [4.78, 5) is 35.9. The van der Waals surface area contributed by atoms with Crippen LogP contribution in [0.3, 0.4) is 0 Å². The Morgan fingerprint density at radius 2 is 0.851 bits per heavy atom. The average molecular weight is 663 g/mol. The molecule has 0 rings (SSSR count). The van der Waals surface area contributed by atoms with Gasteiger partial charge < -0.3 is 14.2 Å². The number of unbranched alkanes of at least 4 members (excludes halogenated alkanes) is 22. The van der Waals surface area contributed by atoms with Gasteiger partial charge in [-0.25, -0.2) is 0 Å². The van der Waals surface area contributed by atoms with Crippen molar-refractivity contribution in [2.24, 2.45) is 0 Å². The maximum absolute atomic E-state index is 12.4. The monoisotopic (exact) mass is 663 g/mol. The largest absolute Gasteiger partial charge is 0.462 e. The Morgan fingerprint density at radius 1 is 0.468 bits per heavy atom. The molecule has 0 fully saturated rings. The van der Waals surface area contributed by atoms with E-state index in [1.165, 1.54) is 110 Å². The first-order chi connectivity index (χ1) is 23.0. The number of carbonyl (C=O) groups excluding carboxylic acids is 3. The van der Waals surface area contributed by atoms with Gasteiger partial charge in [0.1, 0.15) is 13.2 Å². The molecule has 0 saturated carbocycles. The molecule has 0 bridgehead atoms. The Labute approximate surface area is 290 Å². The fourth-order valence-electron chi connectivity index (χ4n) is 5.55. The van der Waals surface area contributed by atoms with Crippen LogP contribution in [0.1, 0.15) is 201 Å². The minimum absolute atomic E-state index is 0.0846. The van der Waals surface area contributed by atoms with Gasteiger partial charge in [0.2, 0.25) is 0 Å². The van der Waals surface area contributed by atoms with Gasteiger partial charge in [-0.3, -0.25) is 14.4 Å². The fourth-order valence-corrected chi connectivity index (χ4v) is 5.55. The molecule has 0 aromatic carbocycles. The molecule has 1 atom stereocenters. The molecule has 0 aliphatic heterocycles. The highest BCUT2D eigenvalue weighted by Crippen LogP contribution is 2.14. The second-order valence-electron chi connectivity index (χ2n) is 13.3. The van der Waals surface area contributed by atoms with E-state index >= 15 is 0 Å². The smallest absolute Gasteiger partial charge is 0.306 e. The SMILES string of the molecule is CCCCC/C=C\C/C=C\CCCCCCCC(=O)OC(COC(C)=O)COC(=O)CCCCCCCCCCCCCCCCC. The summed E-state index contributed by atoms with van der Waals surface area (Å²) in [6.45, 7) is 5.62. The predicted molar refractivity (Wildman–Crippen MR) is 196 cm³/mol. The third kappa shape index (κ3) is 36.6. The predicted octanol–water partition coefficient (Wildman–Crippen LogP) is 12.1. The highest BCUT2D eigenvalue weighted by molar-refractivity contribution is 5.70. The Bertz CT molecular complexity index is 774. The van der Waals surface area contributed by atoms with Crippen molar-refractivity contribution in [1.82, 2.24) is 0 Å². The van der Waals surface area contributed by atoms with E-state index in [2.05, 4.69) is 38.2 Å². The zero-order chi connectivity index (χ0) is 34.5. The van der Waals surface area contributed by atoms with Crippen molar-refractivity contribution in [3.8, 4) is 0 Å². The lowest BCUT2D eigenvalue weighted by molar-refractivity contribution is -0.166. The standard InChI is InChI=1S/C41H74O6/c1-4-6-8-10-12-14-16-18-20-22-24-26-28-30-32-34-40(43)46-37-39(36-45-38(3)42)47-41(44)35-33-31-29-27-25-23-21-19-17-15-13-11-9-7-5-2/h13,15,19,21,39H,4-12,14,16-18,20,22-37H2,1-3H3/b15-13-,21-19-. The van der Waals surface area contributed by atoms with Gasteiger partial charge in [-0.05, 0) is 44.9 Å². The maximum atomic E-state index is 12.4. The second kappa shape index (κ2) is 36.7. The molecule has 47 heavy (non-hydrogen) atoms.